The van der Waals surface area contributed by atoms with Gasteiger partial charge in [0.25, 0.3) is 6.04 Å². The lowest BCUT2D eigenvalue weighted by atomic mass is 9.92. The maximum absolute atomic E-state index is 11.7. The number of rotatable bonds is 2. The van der Waals surface area contributed by atoms with Gasteiger partial charge in [0.2, 0.25) is 0 Å². The summed E-state index contributed by atoms with van der Waals surface area (Å²) in [4.78, 5) is 37.2. The standard InChI is InChI=1S/C11H8N2O5/c1-18-11(15)7-5-9(14)6-3-2-4-8(13(16)17)10(6)12-7/h2-5,8H,1H3. The van der Waals surface area contributed by atoms with E-state index in [2.05, 4.69) is 9.73 Å². The maximum atomic E-state index is 11.7. The molecule has 1 heterocycles. The van der Waals surface area contributed by atoms with Gasteiger partial charge >= 0.3 is 5.97 Å². The van der Waals surface area contributed by atoms with Crippen LogP contribution in [0.3, 0.4) is 0 Å². The largest absolute Gasteiger partial charge is 0.464 e. The van der Waals surface area contributed by atoms with Crippen molar-refractivity contribution >= 4 is 17.5 Å². The topological polar surface area (TPSA) is 98.9 Å². The third kappa shape index (κ3) is 1.86. The Labute approximate surface area is 101 Å². The van der Waals surface area contributed by atoms with Crippen LogP contribution in [0.1, 0.15) is 0 Å². The molecule has 0 spiro atoms. The fourth-order valence-corrected chi connectivity index (χ4v) is 1.67. The molecule has 0 aromatic heterocycles. The second-order valence-corrected chi connectivity index (χ2v) is 3.58. The van der Waals surface area contributed by atoms with Crippen LogP contribution in [-0.2, 0) is 14.3 Å². The fourth-order valence-electron chi connectivity index (χ4n) is 1.67. The molecule has 1 aliphatic carbocycles. The number of fused-ring (bicyclic) bond motifs is 1. The minimum atomic E-state index is -1.22. The summed E-state index contributed by atoms with van der Waals surface area (Å²) in [5.41, 5.74) is -0.126. The Bertz CT molecular complexity index is 568. The lowest BCUT2D eigenvalue weighted by Gasteiger charge is -2.17. The van der Waals surface area contributed by atoms with Crippen molar-refractivity contribution in [1.29, 1.82) is 0 Å². The molecule has 0 aromatic rings. The number of methoxy groups -OCH3 is 1. The second-order valence-electron chi connectivity index (χ2n) is 3.58. The summed E-state index contributed by atoms with van der Waals surface area (Å²) in [5, 5.41) is 10.9. The van der Waals surface area contributed by atoms with Crippen molar-refractivity contribution < 1.29 is 19.2 Å². The monoisotopic (exact) mass is 248 g/mol. The first kappa shape index (κ1) is 11.9. The summed E-state index contributed by atoms with van der Waals surface area (Å²) in [7, 11) is 1.14. The SMILES string of the molecule is COC(=O)C1=CC(=O)C2=CC=CC([N+](=O)[O-])C2=N1. The normalized spacial score (nSPS) is 21.5. The summed E-state index contributed by atoms with van der Waals surface area (Å²) in [5.74, 6) is -1.29. The van der Waals surface area contributed by atoms with Crippen LogP contribution in [-0.4, -0.2) is 35.5 Å². The van der Waals surface area contributed by atoms with Crippen LogP contribution in [0.5, 0.6) is 0 Å². The molecular formula is C11H8N2O5. The molecule has 0 radical (unpaired) electrons. The molecule has 18 heavy (non-hydrogen) atoms. The molecule has 0 bridgehead atoms. The van der Waals surface area contributed by atoms with Gasteiger partial charge < -0.3 is 4.74 Å². The van der Waals surface area contributed by atoms with Gasteiger partial charge in [-0.3, -0.25) is 14.9 Å². The molecule has 92 valence electrons. The van der Waals surface area contributed by atoms with Crippen LogP contribution in [0, 0.1) is 10.1 Å². The van der Waals surface area contributed by atoms with Crippen molar-refractivity contribution in [2.45, 2.75) is 6.04 Å². The Hall–Kier alpha value is -2.57. The molecule has 7 heteroatoms. The van der Waals surface area contributed by atoms with E-state index in [9.17, 15) is 19.7 Å². The van der Waals surface area contributed by atoms with E-state index in [4.69, 9.17) is 0 Å². The van der Waals surface area contributed by atoms with Crippen molar-refractivity contribution in [3.63, 3.8) is 0 Å². The number of esters is 1. The first-order valence-electron chi connectivity index (χ1n) is 5.00. The number of hydrogen-bond acceptors (Lipinski definition) is 6. The van der Waals surface area contributed by atoms with E-state index in [0.29, 0.717) is 0 Å². The van der Waals surface area contributed by atoms with Gasteiger partial charge in [-0.25, -0.2) is 9.79 Å². The number of carbonyl (C=O) groups excluding carboxylic acids is 2. The number of carbonyl (C=O) groups is 2. The molecule has 1 aliphatic heterocycles. The minimum Gasteiger partial charge on any atom is -0.464 e. The van der Waals surface area contributed by atoms with Gasteiger partial charge in [-0.1, -0.05) is 6.08 Å². The number of allylic oxidation sites excluding steroid dienone is 3. The molecule has 0 saturated heterocycles. The molecule has 0 saturated carbocycles. The molecule has 1 atom stereocenters. The van der Waals surface area contributed by atoms with Crippen LogP contribution in [0.25, 0.3) is 0 Å². The van der Waals surface area contributed by atoms with Crippen molar-refractivity contribution in [3.05, 3.63) is 45.7 Å². The number of aliphatic imine (C=N–C) groups is 1. The summed E-state index contributed by atoms with van der Waals surface area (Å²) in [6.45, 7) is 0. The average Bonchev–Trinajstić information content (AvgIpc) is 2.36. The van der Waals surface area contributed by atoms with Gasteiger partial charge in [0, 0.05) is 11.0 Å². The summed E-state index contributed by atoms with van der Waals surface area (Å²) in [6.07, 6.45) is 5.18. The predicted octanol–water partition coefficient (Wildman–Crippen LogP) is 0.208. The molecule has 0 aromatic carbocycles. The third-order valence-electron chi connectivity index (χ3n) is 2.51. The van der Waals surface area contributed by atoms with E-state index in [1.165, 1.54) is 18.2 Å². The fraction of sp³-hybridized carbons (Fsp3) is 0.182. The van der Waals surface area contributed by atoms with Crippen molar-refractivity contribution in [2.24, 2.45) is 4.99 Å². The highest BCUT2D eigenvalue weighted by atomic mass is 16.6. The Morgan fingerprint density at radius 2 is 2.28 bits per heavy atom. The van der Waals surface area contributed by atoms with E-state index in [1.807, 2.05) is 0 Å². The highest BCUT2D eigenvalue weighted by molar-refractivity contribution is 6.31. The summed E-state index contributed by atoms with van der Waals surface area (Å²) < 4.78 is 4.44. The van der Waals surface area contributed by atoms with E-state index in [1.54, 1.807) is 0 Å². The van der Waals surface area contributed by atoms with Crippen molar-refractivity contribution in [2.75, 3.05) is 7.11 Å². The molecule has 0 N–H and O–H groups in total. The van der Waals surface area contributed by atoms with Gasteiger partial charge in [0.1, 0.15) is 5.71 Å². The third-order valence-corrected chi connectivity index (χ3v) is 2.51. The van der Waals surface area contributed by atoms with E-state index in [0.717, 1.165) is 13.2 Å². The Morgan fingerprint density at radius 1 is 1.56 bits per heavy atom. The average molecular weight is 248 g/mol. The van der Waals surface area contributed by atoms with Crippen LogP contribution in [0.4, 0.5) is 0 Å². The first-order valence-corrected chi connectivity index (χ1v) is 5.00. The zero-order valence-corrected chi connectivity index (χ0v) is 9.32. The molecular weight excluding hydrogens is 240 g/mol. The Morgan fingerprint density at radius 3 is 2.89 bits per heavy atom. The molecule has 0 amide bonds. The van der Waals surface area contributed by atoms with E-state index < -0.39 is 22.7 Å². The molecule has 7 nitrogen and oxygen atoms in total. The van der Waals surface area contributed by atoms with Crippen LogP contribution in [0.2, 0.25) is 0 Å². The second kappa shape index (κ2) is 4.36. The highest BCUT2D eigenvalue weighted by Gasteiger charge is 2.35. The van der Waals surface area contributed by atoms with Crippen LogP contribution in [0.15, 0.2) is 40.6 Å². The zero-order valence-electron chi connectivity index (χ0n) is 9.32. The van der Waals surface area contributed by atoms with Crippen LogP contribution >= 0.6 is 0 Å². The lowest BCUT2D eigenvalue weighted by molar-refractivity contribution is -0.490. The van der Waals surface area contributed by atoms with Gasteiger partial charge in [-0.2, -0.15) is 0 Å². The molecule has 2 rings (SSSR count). The number of nitro groups is 1. The minimum absolute atomic E-state index is 0.0320. The number of nitrogens with zero attached hydrogens (tertiary/aromatic N) is 2. The molecule has 0 fully saturated rings. The van der Waals surface area contributed by atoms with Crippen molar-refractivity contribution in [1.82, 2.24) is 0 Å². The quantitative estimate of drug-likeness (QED) is 0.395. The zero-order chi connectivity index (χ0) is 13.3. The Kier molecular flexibility index (Phi) is 2.88. The predicted molar refractivity (Wildman–Crippen MR) is 60.5 cm³/mol. The number of hydrogen-bond donors (Lipinski definition) is 0. The maximum Gasteiger partial charge on any atom is 0.356 e. The first-order chi connectivity index (χ1) is 8.54. The van der Waals surface area contributed by atoms with E-state index in [-0.39, 0.29) is 17.0 Å². The highest BCUT2D eigenvalue weighted by Crippen LogP contribution is 2.21. The van der Waals surface area contributed by atoms with E-state index >= 15 is 0 Å². The number of ether oxygens (including phenoxy) is 1. The van der Waals surface area contributed by atoms with Gasteiger partial charge in [-0.15, -0.1) is 0 Å². The molecule has 2 aliphatic rings. The Balaban J connectivity index is 2.48. The summed E-state index contributed by atoms with van der Waals surface area (Å²) >= 11 is 0. The van der Waals surface area contributed by atoms with Gasteiger partial charge in [-0.05, 0) is 12.2 Å². The smallest absolute Gasteiger partial charge is 0.356 e. The lowest BCUT2D eigenvalue weighted by Crippen LogP contribution is -2.35. The van der Waals surface area contributed by atoms with Gasteiger partial charge in [0.05, 0.1) is 12.7 Å². The van der Waals surface area contributed by atoms with Crippen LogP contribution < -0.4 is 0 Å². The molecule has 1 unspecified atom stereocenters. The summed E-state index contributed by atoms with van der Waals surface area (Å²) in [6, 6.07) is -1.22. The van der Waals surface area contributed by atoms with Gasteiger partial charge in [0.15, 0.2) is 11.5 Å². The van der Waals surface area contributed by atoms with Crippen molar-refractivity contribution in [3.8, 4) is 0 Å². The number of ketones is 1.